The van der Waals surface area contributed by atoms with E-state index in [9.17, 15) is 65.3 Å². The van der Waals surface area contributed by atoms with Crippen molar-refractivity contribution in [3.63, 3.8) is 0 Å². The number of hydrogen-bond donors (Lipinski definition) is 6. The summed E-state index contributed by atoms with van der Waals surface area (Å²) in [5.41, 5.74) is 19.2. The lowest BCUT2D eigenvalue weighted by molar-refractivity contribution is -0.138. The Morgan fingerprint density at radius 1 is 0.226 bits per heavy atom. The first-order valence-electron chi connectivity index (χ1n) is 46.6. The van der Waals surface area contributed by atoms with Crippen LogP contribution < -0.4 is 4.74 Å². The van der Waals surface area contributed by atoms with Crippen molar-refractivity contribution in [1.82, 2.24) is 0 Å². The van der Waals surface area contributed by atoms with Crippen molar-refractivity contribution in [2.24, 2.45) is 0 Å². The number of rotatable bonds is 21. The smallest absolute Gasteiger partial charge is 0.417 e. The predicted molar refractivity (Wildman–Crippen MR) is 577 cm³/mol. The van der Waals surface area contributed by atoms with Gasteiger partial charge >= 0.3 is 48.2 Å². The van der Waals surface area contributed by atoms with Crippen molar-refractivity contribution >= 4 is 92.5 Å². The topological polar surface area (TPSA) is 233 Å². The Balaban J connectivity index is 0.000000195. The Labute approximate surface area is 859 Å². The van der Waals surface area contributed by atoms with Gasteiger partial charge in [-0.15, -0.1) is 0 Å². The molecule has 0 amide bonds. The molecule has 14 aromatic rings. The summed E-state index contributed by atoms with van der Waals surface area (Å²) in [6, 6.07) is 106. The van der Waals surface area contributed by atoms with Crippen LogP contribution in [0.1, 0.15) is 210 Å². The molecule has 13 nitrogen and oxygen atoms in total. The molecule has 0 atom stereocenters. The Morgan fingerprint density at radius 2 is 0.466 bits per heavy atom. The summed E-state index contributed by atoms with van der Waals surface area (Å²) in [5, 5.41) is 56.4. The Bertz CT molecular complexity index is 6940. The molecule has 0 aliphatic carbocycles. The van der Waals surface area contributed by atoms with Crippen LogP contribution in [0.4, 0.5) is 26.3 Å². The van der Waals surface area contributed by atoms with Crippen molar-refractivity contribution in [1.29, 1.82) is 0 Å². The number of alkyl halides is 6. The first-order chi connectivity index (χ1) is 68.5. The van der Waals surface area contributed by atoms with Gasteiger partial charge < -0.3 is 35.4 Å². The van der Waals surface area contributed by atoms with E-state index < -0.39 is 59.3 Å². The molecule has 0 aromatic heterocycles. The number of halogens is 8. The van der Waals surface area contributed by atoms with Crippen LogP contribution in [0.15, 0.2) is 388 Å². The summed E-state index contributed by atoms with van der Waals surface area (Å²) in [4.78, 5) is 67.3. The molecule has 0 aliphatic heterocycles. The summed E-state index contributed by atoms with van der Waals surface area (Å²) < 4.78 is 84.0. The maximum Gasteiger partial charge on any atom is 0.417 e. The Morgan fingerprint density at radius 3 is 0.747 bits per heavy atom. The van der Waals surface area contributed by atoms with Crippen molar-refractivity contribution in [3.8, 4) is 28.0 Å². The molecule has 21 heteroatoms. The third-order valence-electron chi connectivity index (χ3n) is 23.2. The predicted octanol–water partition coefficient (Wildman–Crippen LogP) is 32.4. The lowest BCUT2D eigenvalue weighted by Crippen LogP contribution is -2.11. The number of aliphatic carboxylic acids is 6. The first kappa shape index (κ1) is 114. The fraction of sp³-hybridized carbons (Fsp3) is 0.184. The third kappa shape index (κ3) is 34.6. The van der Waals surface area contributed by atoms with Gasteiger partial charge in [0.2, 0.25) is 0 Å². The van der Waals surface area contributed by atoms with Crippen LogP contribution >= 0.6 is 23.2 Å². The van der Waals surface area contributed by atoms with Gasteiger partial charge in [0.1, 0.15) is 5.75 Å². The van der Waals surface area contributed by atoms with E-state index in [0.717, 1.165) is 108 Å². The molecule has 752 valence electrons. The van der Waals surface area contributed by atoms with E-state index in [0.29, 0.717) is 49.2 Å². The van der Waals surface area contributed by atoms with Crippen molar-refractivity contribution in [2.75, 3.05) is 7.11 Å². The fourth-order valence-corrected chi connectivity index (χ4v) is 15.6. The summed E-state index contributed by atoms with van der Waals surface area (Å²) in [6.45, 7) is 31.5. The minimum absolute atomic E-state index is 0.0286. The maximum atomic E-state index is 13.3. The van der Waals surface area contributed by atoms with Gasteiger partial charge in [0.05, 0.1) is 18.2 Å². The largest absolute Gasteiger partial charge is 0.497 e. The highest BCUT2D eigenvalue weighted by Gasteiger charge is 2.35. The second kappa shape index (κ2) is 50.5. The fourth-order valence-electron chi connectivity index (χ4n) is 15.3. The molecule has 0 heterocycles. The van der Waals surface area contributed by atoms with Crippen molar-refractivity contribution in [2.45, 2.75) is 143 Å². The van der Waals surface area contributed by atoms with Crippen LogP contribution in [0.5, 0.6) is 5.75 Å². The molecule has 0 spiro atoms. The molecule has 0 aliphatic rings. The van der Waals surface area contributed by atoms with Crippen LogP contribution in [-0.2, 0) is 68.2 Å². The van der Waals surface area contributed by atoms with E-state index in [1.54, 1.807) is 67.8 Å². The molecule has 0 unspecified atom stereocenters. The van der Waals surface area contributed by atoms with E-state index in [1.807, 2.05) is 260 Å². The zero-order valence-electron chi connectivity index (χ0n) is 84.0. The van der Waals surface area contributed by atoms with Crippen LogP contribution in [0, 0.1) is 0 Å². The molecule has 0 fully saturated rings. The highest BCUT2D eigenvalue weighted by molar-refractivity contribution is 6.31. The van der Waals surface area contributed by atoms with Gasteiger partial charge in [-0.1, -0.05) is 424 Å². The van der Waals surface area contributed by atoms with E-state index in [-0.39, 0.29) is 49.3 Å². The van der Waals surface area contributed by atoms with Gasteiger partial charge in [-0.3, -0.25) is 0 Å². The van der Waals surface area contributed by atoms with E-state index in [2.05, 4.69) is 86.6 Å². The van der Waals surface area contributed by atoms with Gasteiger partial charge in [0.15, 0.2) is 0 Å². The second-order valence-electron chi connectivity index (χ2n) is 39.3. The standard InChI is InChI=1S/C27H20O2.2C20H19F3O2.C20H22O3.2C19H19ClO2/c28-27(29)19-26(24-15-11-22(12-16-24)20-7-3-1-4-8-20)25-17-13-23(14-18-25)21-9-5-2-6-10-21;1-19(2,3)15-9-7-13(8-10-15)17(12-18(24)25)14-5-4-6-16(11-14)20(21,22)23;1-19(2,3)14-10-8-13(9-11-14)16(12-18(24)25)15-6-4-5-7-17(15)20(21,22)23;1-20(2,3)16-10-8-14(9-11-16)18(13-19(21)22)15-6-5-7-17(12-15)23-4;1-19(2,3)15-8-4-13(5-9-15)17(12-18(21)22)14-6-10-16(20)11-7-14;1-19(2,3)15-9-7-13(8-10-15)17(12-18(21)22)14-5-4-6-16(20)11-14/h1-19H,(H,28,29);2*4-12H,1-3H3,(H,24,25);5-13H,1-4H3,(H,21,22);2*4-12H,1-3H3,(H,21,22)/b;17-12+;16-12+;18-13+;2*17-12+. The lowest BCUT2D eigenvalue weighted by atomic mass is 9.85. The van der Waals surface area contributed by atoms with Crippen LogP contribution in [0.2, 0.25) is 10.0 Å². The van der Waals surface area contributed by atoms with Gasteiger partial charge in [-0.25, -0.2) is 28.8 Å². The SMILES string of the molecule is CC(C)(C)c1ccc(/C(=C\C(=O)O)c2ccc(Cl)cc2)cc1.CC(C)(C)c1ccc(/C(=C\C(=O)O)c2cccc(C(F)(F)F)c2)cc1.CC(C)(C)c1ccc(/C(=C\C(=O)O)c2cccc(Cl)c2)cc1.CC(C)(C)c1ccc(/C(=C\C(=O)O)c2ccccc2C(F)(F)F)cc1.COc1cccc(/C(=C/C(=O)O)c2ccc(C(C)(C)C)cc2)c1.O=C(O)C=C(c1ccc(-c2ccccc2)cc1)c1ccc(-c2ccccc2)cc1. The zero-order chi connectivity index (χ0) is 107. The van der Waals surface area contributed by atoms with E-state index >= 15 is 0 Å². The van der Waals surface area contributed by atoms with Gasteiger partial charge in [-0.2, -0.15) is 26.3 Å². The molecular formula is C125H118Cl2F6O13. The number of carboxylic acid groups (broad SMARTS) is 6. The van der Waals surface area contributed by atoms with E-state index in [1.165, 1.54) is 71.3 Å². The summed E-state index contributed by atoms with van der Waals surface area (Å²) in [7, 11) is 1.60. The highest BCUT2D eigenvalue weighted by atomic mass is 35.5. The van der Waals surface area contributed by atoms with E-state index in [4.69, 9.17) is 48.4 Å². The van der Waals surface area contributed by atoms with Gasteiger partial charge in [0.25, 0.3) is 0 Å². The second-order valence-corrected chi connectivity index (χ2v) is 40.1. The number of benzene rings is 14. The highest BCUT2D eigenvalue weighted by Crippen LogP contribution is 2.41. The Hall–Kier alpha value is -15.7. The molecule has 0 bridgehead atoms. The quantitative estimate of drug-likeness (QED) is 0.0291. The first-order valence-corrected chi connectivity index (χ1v) is 47.3. The number of hydrogen-bond acceptors (Lipinski definition) is 7. The molecule has 14 aromatic carbocycles. The Kier molecular flexibility index (Phi) is 39.4. The molecule has 0 saturated carbocycles. The minimum atomic E-state index is -4.57. The summed E-state index contributed by atoms with van der Waals surface area (Å²) in [6.07, 6.45) is -2.35. The molecule has 146 heavy (non-hydrogen) atoms. The lowest BCUT2D eigenvalue weighted by Gasteiger charge is -2.20. The number of carbonyl (C=O) groups is 6. The van der Waals surface area contributed by atoms with Crippen molar-refractivity contribution < 1.29 is 90.5 Å². The minimum Gasteiger partial charge on any atom is -0.497 e. The summed E-state index contributed by atoms with van der Waals surface area (Å²) in [5.74, 6) is -5.69. The van der Waals surface area contributed by atoms with Crippen molar-refractivity contribution in [3.05, 3.63) is 504 Å². The van der Waals surface area contributed by atoms with Crippen LogP contribution in [0.25, 0.3) is 55.7 Å². The summed E-state index contributed by atoms with van der Waals surface area (Å²) >= 11 is 11.9. The van der Waals surface area contributed by atoms with Crippen LogP contribution in [0.3, 0.4) is 0 Å². The number of carboxylic acids is 6. The normalized spacial score (nSPS) is 12.1. The van der Waals surface area contributed by atoms with Gasteiger partial charge in [0, 0.05) is 46.5 Å². The number of ether oxygens (including phenoxy) is 1. The molecular weight excluding hydrogens is 1890 g/mol. The molecule has 14 rings (SSSR count). The molecule has 6 N–H and O–H groups in total. The monoisotopic (exact) mass is 2010 g/mol. The molecule has 0 radical (unpaired) electrons. The molecule has 0 saturated heterocycles. The van der Waals surface area contributed by atoms with Gasteiger partial charge in [-0.05, 0) is 232 Å². The zero-order valence-corrected chi connectivity index (χ0v) is 85.5. The maximum absolute atomic E-state index is 13.3. The third-order valence-corrected chi connectivity index (χ3v) is 23.7. The number of methoxy groups -OCH3 is 1. The van der Waals surface area contributed by atoms with Crippen LogP contribution in [-0.4, -0.2) is 73.6 Å². The average Bonchev–Trinajstić information content (AvgIpc) is 0.829. The average molecular weight is 2010 g/mol.